The van der Waals surface area contributed by atoms with Crippen LogP contribution in [0.3, 0.4) is 0 Å². The molecule has 4 rings (SSSR count). The normalized spacial score (nSPS) is 16.0. The summed E-state index contributed by atoms with van der Waals surface area (Å²) in [7, 11) is -3.06. The van der Waals surface area contributed by atoms with Crippen LogP contribution in [0.4, 0.5) is 29.1 Å². The fraction of sp³-hybridized carbons (Fsp3) is 0.368. The molecule has 0 bridgehead atoms. The molecule has 0 atom stereocenters. The Balaban J connectivity index is 1.42. The van der Waals surface area contributed by atoms with Crippen LogP contribution in [0.2, 0.25) is 0 Å². The van der Waals surface area contributed by atoms with Gasteiger partial charge in [-0.05, 0) is 13.0 Å². The average molecular weight is 501 g/mol. The summed E-state index contributed by atoms with van der Waals surface area (Å²) < 4.78 is 78.3. The number of amides is 1. The zero-order valence-corrected chi connectivity index (χ0v) is 18.6. The van der Waals surface area contributed by atoms with E-state index in [1.807, 2.05) is 0 Å². The molecule has 1 fully saturated rings. The number of rotatable bonds is 5. The number of alkyl halides is 3. The minimum absolute atomic E-state index is 0.00804. The van der Waals surface area contributed by atoms with Crippen molar-refractivity contribution >= 4 is 27.2 Å². The smallest absolute Gasteiger partial charge is 0.353 e. The lowest BCUT2D eigenvalue weighted by Gasteiger charge is -2.26. The SMILES string of the molecule is Cc1cc(C(F)(F)F)nn1CC(=O)Nc1cnc(-n2cnc(N3CCS(=O)(=O)CC3)c2)c(F)c1. The summed E-state index contributed by atoms with van der Waals surface area (Å²) in [6.45, 7) is 1.44. The first kappa shape index (κ1) is 23.7. The minimum atomic E-state index is -4.63. The van der Waals surface area contributed by atoms with Crippen LogP contribution in [0, 0.1) is 12.7 Å². The van der Waals surface area contributed by atoms with Gasteiger partial charge in [0.1, 0.15) is 18.7 Å². The lowest BCUT2D eigenvalue weighted by atomic mass is 10.3. The number of anilines is 2. The molecule has 0 unspecified atom stereocenters. The lowest BCUT2D eigenvalue weighted by molar-refractivity contribution is -0.141. The first-order chi connectivity index (χ1) is 15.9. The zero-order chi connectivity index (χ0) is 24.7. The summed E-state index contributed by atoms with van der Waals surface area (Å²) in [5.74, 6) is -1.09. The molecular weight excluding hydrogens is 482 g/mol. The maximum atomic E-state index is 14.7. The second kappa shape index (κ2) is 8.70. The van der Waals surface area contributed by atoms with Crippen LogP contribution < -0.4 is 10.2 Å². The number of hydrogen-bond acceptors (Lipinski definition) is 7. The molecule has 1 amide bonds. The monoisotopic (exact) mass is 501 g/mol. The molecule has 0 saturated carbocycles. The highest BCUT2D eigenvalue weighted by Crippen LogP contribution is 2.28. The number of imidazole rings is 1. The number of carbonyl (C=O) groups is 1. The van der Waals surface area contributed by atoms with Crippen LogP contribution in [-0.2, 0) is 27.4 Å². The highest BCUT2D eigenvalue weighted by atomic mass is 32.2. The van der Waals surface area contributed by atoms with Gasteiger partial charge in [0.2, 0.25) is 5.91 Å². The Morgan fingerprint density at radius 1 is 1.18 bits per heavy atom. The molecule has 0 aliphatic carbocycles. The van der Waals surface area contributed by atoms with E-state index >= 15 is 0 Å². The molecule has 10 nitrogen and oxygen atoms in total. The number of hydrogen-bond donors (Lipinski definition) is 1. The molecule has 1 aliphatic rings. The van der Waals surface area contributed by atoms with Crippen molar-refractivity contribution in [3.63, 3.8) is 0 Å². The highest BCUT2D eigenvalue weighted by molar-refractivity contribution is 7.91. The molecule has 0 aromatic carbocycles. The van der Waals surface area contributed by atoms with Crippen molar-refractivity contribution in [2.24, 2.45) is 0 Å². The Bertz CT molecular complexity index is 1320. The topological polar surface area (TPSA) is 115 Å². The summed E-state index contributed by atoms with van der Waals surface area (Å²) in [5.41, 5.74) is -0.959. The minimum Gasteiger partial charge on any atom is -0.353 e. The van der Waals surface area contributed by atoms with Gasteiger partial charge in [0, 0.05) is 24.8 Å². The summed E-state index contributed by atoms with van der Waals surface area (Å²) in [6.07, 6.45) is -0.587. The first-order valence-corrected chi connectivity index (χ1v) is 11.8. The van der Waals surface area contributed by atoms with Crippen LogP contribution in [0.5, 0.6) is 0 Å². The molecule has 1 N–H and O–H groups in total. The number of aromatic nitrogens is 5. The average Bonchev–Trinajstić information content (AvgIpc) is 3.35. The molecule has 0 spiro atoms. The number of pyridine rings is 1. The molecule has 15 heteroatoms. The van der Waals surface area contributed by atoms with Crippen LogP contribution >= 0.6 is 0 Å². The van der Waals surface area contributed by atoms with E-state index in [-0.39, 0.29) is 41.8 Å². The third-order valence-corrected chi connectivity index (χ3v) is 6.76. The number of sulfone groups is 1. The molecule has 0 radical (unpaired) electrons. The second-order valence-electron chi connectivity index (χ2n) is 7.68. The Kier molecular flexibility index (Phi) is 6.05. The fourth-order valence-corrected chi connectivity index (χ4v) is 4.57. The largest absolute Gasteiger partial charge is 0.435 e. The van der Waals surface area contributed by atoms with E-state index in [1.165, 1.54) is 30.2 Å². The van der Waals surface area contributed by atoms with E-state index in [0.29, 0.717) is 5.82 Å². The Morgan fingerprint density at radius 2 is 1.88 bits per heavy atom. The molecule has 4 heterocycles. The Hall–Kier alpha value is -3.49. The van der Waals surface area contributed by atoms with Crippen molar-refractivity contribution in [1.82, 2.24) is 24.3 Å². The first-order valence-electron chi connectivity index (χ1n) is 9.98. The van der Waals surface area contributed by atoms with E-state index in [9.17, 15) is 30.8 Å². The maximum absolute atomic E-state index is 14.7. The van der Waals surface area contributed by atoms with Gasteiger partial charge in [-0.1, -0.05) is 0 Å². The number of aryl methyl sites for hydroxylation is 1. The van der Waals surface area contributed by atoms with Gasteiger partial charge in [-0.3, -0.25) is 14.0 Å². The van der Waals surface area contributed by atoms with Gasteiger partial charge in [0.25, 0.3) is 0 Å². The lowest BCUT2D eigenvalue weighted by Crippen LogP contribution is -2.40. The predicted molar refractivity (Wildman–Crippen MR) is 113 cm³/mol. The van der Waals surface area contributed by atoms with Gasteiger partial charge >= 0.3 is 6.18 Å². The van der Waals surface area contributed by atoms with Gasteiger partial charge in [-0.15, -0.1) is 0 Å². The quantitative estimate of drug-likeness (QED) is 0.530. The molecule has 1 aliphatic heterocycles. The van der Waals surface area contributed by atoms with Gasteiger partial charge < -0.3 is 10.2 Å². The van der Waals surface area contributed by atoms with E-state index in [0.717, 1.165) is 16.8 Å². The van der Waals surface area contributed by atoms with E-state index < -0.39 is 40.0 Å². The van der Waals surface area contributed by atoms with Crippen molar-refractivity contribution in [2.75, 3.05) is 34.8 Å². The van der Waals surface area contributed by atoms with Gasteiger partial charge in [0.05, 0.1) is 29.6 Å². The van der Waals surface area contributed by atoms with E-state index in [2.05, 4.69) is 20.4 Å². The highest BCUT2D eigenvalue weighted by Gasteiger charge is 2.34. The van der Waals surface area contributed by atoms with Crippen molar-refractivity contribution in [2.45, 2.75) is 19.6 Å². The molecule has 3 aromatic rings. The Morgan fingerprint density at radius 3 is 2.50 bits per heavy atom. The maximum Gasteiger partial charge on any atom is 0.435 e. The molecule has 182 valence electrons. The second-order valence-corrected chi connectivity index (χ2v) is 9.99. The summed E-state index contributed by atoms with van der Waals surface area (Å²) in [4.78, 5) is 22.2. The zero-order valence-electron chi connectivity index (χ0n) is 17.8. The van der Waals surface area contributed by atoms with Crippen molar-refractivity contribution in [1.29, 1.82) is 0 Å². The number of halogens is 4. The number of carbonyl (C=O) groups excluding carboxylic acids is 1. The molecule has 34 heavy (non-hydrogen) atoms. The van der Waals surface area contributed by atoms with Gasteiger partial charge in [-0.2, -0.15) is 18.3 Å². The van der Waals surface area contributed by atoms with Crippen molar-refractivity contribution < 1.29 is 30.8 Å². The number of nitrogens with one attached hydrogen (secondary N) is 1. The molecular formula is C19H19F4N7O3S. The molecule has 1 saturated heterocycles. The third-order valence-electron chi connectivity index (χ3n) is 5.15. The van der Waals surface area contributed by atoms with Crippen LogP contribution in [0.15, 0.2) is 30.9 Å². The van der Waals surface area contributed by atoms with Crippen molar-refractivity contribution in [3.05, 3.63) is 48.1 Å². The van der Waals surface area contributed by atoms with Crippen LogP contribution in [0.1, 0.15) is 11.4 Å². The van der Waals surface area contributed by atoms with E-state index in [1.54, 1.807) is 4.90 Å². The standard InChI is InChI=1S/C19H19F4N7O3S/c1-12-6-15(19(21,22)23)27-30(12)10-17(31)26-13-7-14(20)18(24-8-13)29-9-16(25-11-29)28-2-4-34(32,33)5-3-28/h6-9,11H,2-5,10H2,1H3,(H,26,31). The summed E-state index contributed by atoms with van der Waals surface area (Å²) in [6, 6.07) is 1.84. The molecule has 3 aromatic heterocycles. The summed E-state index contributed by atoms with van der Waals surface area (Å²) in [5, 5.41) is 5.75. The van der Waals surface area contributed by atoms with Gasteiger partial charge in [0.15, 0.2) is 27.2 Å². The van der Waals surface area contributed by atoms with Gasteiger partial charge in [-0.25, -0.2) is 22.8 Å². The fourth-order valence-electron chi connectivity index (χ4n) is 3.37. The van der Waals surface area contributed by atoms with Crippen LogP contribution in [-0.4, -0.2) is 63.2 Å². The van der Waals surface area contributed by atoms with Crippen LogP contribution in [0.25, 0.3) is 5.82 Å². The Labute approximate surface area is 191 Å². The number of nitrogens with zero attached hydrogens (tertiary/aromatic N) is 6. The third kappa shape index (κ3) is 5.18. The van der Waals surface area contributed by atoms with E-state index in [4.69, 9.17) is 0 Å². The summed E-state index contributed by atoms with van der Waals surface area (Å²) >= 11 is 0. The predicted octanol–water partition coefficient (Wildman–Crippen LogP) is 1.80. The van der Waals surface area contributed by atoms with Crippen molar-refractivity contribution in [3.8, 4) is 5.82 Å².